The molecular formula is C18H19N3O. The van der Waals surface area contributed by atoms with Crippen LogP contribution in [0.25, 0.3) is 0 Å². The Morgan fingerprint density at radius 2 is 2.00 bits per heavy atom. The second-order valence-electron chi connectivity index (χ2n) is 6.18. The highest BCUT2D eigenvalue weighted by molar-refractivity contribution is 5.93. The molecule has 1 unspecified atom stereocenters. The molecule has 2 heterocycles. The first kappa shape index (κ1) is 13.3. The van der Waals surface area contributed by atoms with Gasteiger partial charge in [-0.15, -0.1) is 0 Å². The molecule has 4 nitrogen and oxygen atoms in total. The molecule has 1 N–H and O–H groups in total. The third-order valence-corrected chi connectivity index (χ3v) is 4.33. The molecule has 4 heteroatoms. The Kier molecular flexibility index (Phi) is 3.10. The summed E-state index contributed by atoms with van der Waals surface area (Å²) >= 11 is 0. The molecule has 0 bridgehead atoms. The Hall–Kier alpha value is -2.36. The molecule has 0 radical (unpaired) electrons. The van der Waals surface area contributed by atoms with E-state index in [-0.39, 0.29) is 5.91 Å². The molecule has 0 spiro atoms. The minimum absolute atomic E-state index is 0.0653. The fourth-order valence-corrected chi connectivity index (χ4v) is 3.09. The average molecular weight is 293 g/mol. The predicted octanol–water partition coefficient (Wildman–Crippen LogP) is 3.06. The summed E-state index contributed by atoms with van der Waals surface area (Å²) in [5.41, 5.74) is 3.04. The maximum absolute atomic E-state index is 12.2. The van der Waals surface area contributed by atoms with Gasteiger partial charge in [-0.05, 0) is 49.9 Å². The number of aromatic nitrogens is 1. The van der Waals surface area contributed by atoms with Crippen molar-refractivity contribution in [3.8, 4) is 0 Å². The molecule has 1 fully saturated rings. The number of benzene rings is 1. The van der Waals surface area contributed by atoms with Gasteiger partial charge in [-0.1, -0.05) is 24.3 Å². The molecule has 1 atom stereocenters. The summed E-state index contributed by atoms with van der Waals surface area (Å²) in [4.78, 5) is 19.0. The Bertz CT molecular complexity index is 724. The lowest BCUT2D eigenvalue weighted by Gasteiger charge is -2.24. The molecule has 1 amide bonds. The number of hydrogen-bond donors (Lipinski definition) is 1. The molecule has 2 aliphatic rings. The van der Waals surface area contributed by atoms with E-state index in [0.717, 1.165) is 25.1 Å². The second-order valence-corrected chi connectivity index (χ2v) is 6.18. The van der Waals surface area contributed by atoms with Crippen molar-refractivity contribution in [3.63, 3.8) is 0 Å². The van der Waals surface area contributed by atoms with E-state index in [1.165, 1.54) is 11.3 Å². The zero-order chi connectivity index (χ0) is 15.1. The molecule has 112 valence electrons. The van der Waals surface area contributed by atoms with Crippen LogP contribution < -0.4 is 10.2 Å². The minimum atomic E-state index is -0.0653. The van der Waals surface area contributed by atoms with Gasteiger partial charge in [0.25, 0.3) is 5.91 Å². The quantitative estimate of drug-likeness (QED) is 0.946. The van der Waals surface area contributed by atoms with Crippen LogP contribution in [0.4, 0.5) is 11.5 Å². The van der Waals surface area contributed by atoms with Crippen molar-refractivity contribution in [2.45, 2.75) is 38.3 Å². The third-order valence-electron chi connectivity index (χ3n) is 4.33. The van der Waals surface area contributed by atoms with Gasteiger partial charge in [0.15, 0.2) is 0 Å². The van der Waals surface area contributed by atoms with Gasteiger partial charge in [0.05, 0.1) is 0 Å². The number of anilines is 2. The van der Waals surface area contributed by atoms with Gasteiger partial charge in [-0.3, -0.25) is 4.79 Å². The van der Waals surface area contributed by atoms with E-state index in [0.29, 0.717) is 17.8 Å². The molecule has 22 heavy (non-hydrogen) atoms. The standard InChI is InChI=1S/C18H19N3O/c1-12-11-13-5-2-3-7-16(13)21(12)17-8-4-6-15(20-17)18(22)19-14-9-10-14/h2-8,12,14H,9-11H2,1H3,(H,19,22). The zero-order valence-corrected chi connectivity index (χ0v) is 12.6. The highest BCUT2D eigenvalue weighted by Crippen LogP contribution is 2.37. The number of hydrogen-bond acceptors (Lipinski definition) is 3. The van der Waals surface area contributed by atoms with Crippen LogP contribution in [-0.4, -0.2) is 23.0 Å². The first-order valence-corrected chi connectivity index (χ1v) is 7.87. The summed E-state index contributed by atoms with van der Waals surface area (Å²) in [7, 11) is 0. The van der Waals surface area contributed by atoms with Crippen molar-refractivity contribution < 1.29 is 4.79 Å². The average Bonchev–Trinajstić information content (AvgIpc) is 3.27. The van der Waals surface area contributed by atoms with Gasteiger partial charge in [0.2, 0.25) is 0 Å². The first-order chi connectivity index (χ1) is 10.7. The summed E-state index contributed by atoms with van der Waals surface area (Å²) in [6.45, 7) is 2.19. The molecule has 0 saturated heterocycles. The molecule has 1 aliphatic carbocycles. The molecular weight excluding hydrogens is 274 g/mol. The smallest absolute Gasteiger partial charge is 0.270 e. The molecule has 4 rings (SSSR count). The summed E-state index contributed by atoms with van der Waals surface area (Å²) in [5, 5.41) is 3.00. The SMILES string of the molecule is CC1Cc2ccccc2N1c1cccc(C(=O)NC2CC2)n1. The topological polar surface area (TPSA) is 45.2 Å². The van der Waals surface area contributed by atoms with Gasteiger partial charge in [-0.25, -0.2) is 4.98 Å². The second kappa shape index (κ2) is 5.13. The van der Waals surface area contributed by atoms with Crippen LogP contribution in [0, 0.1) is 0 Å². The fourth-order valence-electron chi connectivity index (χ4n) is 3.09. The van der Waals surface area contributed by atoms with Gasteiger partial charge in [0, 0.05) is 17.8 Å². The van der Waals surface area contributed by atoms with Crippen LogP contribution in [0.5, 0.6) is 0 Å². The van der Waals surface area contributed by atoms with E-state index >= 15 is 0 Å². The number of nitrogens with zero attached hydrogens (tertiary/aromatic N) is 2. The number of para-hydroxylation sites is 1. The van der Waals surface area contributed by atoms with E-state index in [4.69, 9.17) is 0 Å². The van der Waals surface area contributed by atoms with Crippen molar-refractivity contribution in [3.05, 3.63) is 53.7 Å². The maximum Gasteiger partial charge on any atom is 0.270 e. The summed E-state index contributed by atoms with van der Waals surface area (Å²) in [5.74, 6) is 0.783. The van der Waals surface area contributed by atoms with Crippen LogP contribution in [-0.2, 0) is 6.42 Å². The lowest BCUT2D eigenvalue weighted by molar-refractivity contribution is 0.0946. The Balaban J connectivity index is 1.66. The van der Waals surface area contributed by atoms with Crippen LogP contribution in [0.2, 0.25) is 0 Å². The number of carbonyl (C=O) groups is 1. The van der Waals surface area contributed by atoms with E-state index in [9.17, 15) is 4.79 Å². The minimum Gasteiger partial charge on any atom is -0.348 e. The number of carbonyl (C=O) groups excluding carboxylic acids is 1. The first-order valence-electron chi connectivity index (χ1n) is 7.87. The molecule has 1 saturated carbocycles. The summed E-state index contributed by atoms with van der Waals surface area (Å²) in [6.07, 6.45) is 3.18. The van der Waals surface area contributed by atoms with E-state index < -0.39 is 0 Å². The summed E-state index contributed by atoms with van der Waals surface area (Å²) in [6, 6.07) is 14.8. The monoisotopic (exact) mass is 293 g/mol. The van der Waals surface area contributed by atoms with Crippen molar-refractivity contribution >= 4 is 17.4 Å². The van der Waals surface area contributed by atoms with Crippen molar-refractivity contribution in [2.24, 2.45) is 0 Å². The number of pyridine rings is 1. The predicted molar refractivity (Wildman–Crippen MR) is 86.5 cm³/mol. The van der Waals surface area contributed by atoms with E-state index in [1.807, 2.05) is 18.2 Å². The Labute approximate surface area is 130 Å². The lowest BCUT2D eigenvalue weighted by Crippen LogP contribution is -2.28. The van der Waals surface area contributed by atoms with Crippen molar-refractivity contribution in [1.29, 1.82) is 0 Å². The largest absolute Gasteiger partial charge is 0.348 e. The van der Waals surface area contributed by atoms with Gasteiger partial charge >= 0.3 is 0 Å². The third kappa shape index (κ3) is 2.34. The molecule has 2 aromatic rings. The number of fused-ring (bicyclic) bond motifs is 1. The van der Waals surface area contributed by atoms with Crippen LogP contribution >= 0.6 is 0 Å². The number of nitrogens with one attached hydrogen (secondary N) is 1. The van der Waals surface area contributed by atoms with Crippen LogP contribution in [0.1, 0.15) is 35.8 Å². The fraction of sp³-hybridized carbons (Fsp3) is 0.333. The zero-order valence-electron chi connectivity index (χ0n) is 12.6. The lowest BCUT2D eigenvalue weighted by atomic mass is 10.1. The Morgan fingerprint density at radius 1 is 1.18 bits per heavy atom. The molecule has 1 aromatic carbocycles. The maximum atomic E-state index is 12.2. The highest BCUT2D eigenvalue weighted by atomic mass is 16.2. The Morgan fingerprint density at radius 3 is 2.82 bits per heavy atom. The molecule has 1 aromatic heterocycles. The van der Waals surface area contributed by atoms with Crippen LogP contribution in [0.3, 0.4) is 0 Å². The van der Waals surface area contributed by atoms with Gasteiger partial charge < -0.3 is 10.2 Å². The van der Waals surface area contributed by atoms with E-state index in [2.05, 4.69) is 40.3 Å². The van der Waals surface area contributed by atoms with E-state index in [1.54, 1.807) is 6.07 Å². The molecule has 1 aliphatic heterocycles. The van der Waals surface area contributed by atoms with Crippen molar-refractivity contribution in [1.82, 2.24) is 10.3 Å². The van der Waals surface area contributed by atoms with Crippen LogP contribution in [0.15, 0.2) is 42.5 Å². The van der Waals surface area contributed by atoms with Gasteiger partial charge in [0.1, 0.15) is 11.5 Å². The number of amides is 1. The number of rotatable bonds is 3. The van der Waals surface area contributed by atoms with Gasteiger partial charge in [-0.2, -0.15) is 0 Å². The highest BCUT2D eigenvalue weighted by Gasteiger charge is 2.29. The normalized spacial score (nSPS) is 19.9. The van der Waals surface area contributed by atoms with Crippen molar-refractivity contribution in [2.75, 3.05) is 4.90 Å². The summed E-state index contributed by atoms with van der Waals surface area (Å²) < 4.78 is 0.